The van der Waals surface area contributed by atoms with E-state index in [1.165, 1.54) is 19.8 Å². The molecule has 3 unspecified atom stereocenters. The average molecular weight is 439 g/mol. The number of hydrogen-bond acceptors (Lipinski definition) is 5. The molecule has 0 aromatic carbocycles. The minimum absolute atomic E-state index is 0.148. The Morgan fingerprint density at radius 1 is 1.03 bits per heavy atom. The summed E-state index contributed by atoms with van der Waals surface area (Å²) in [5.74, 6) is -1.87. The van der Waals surface area contributed by atoms with E-state index in [0.29, 0.717) is 6.42 Å². The van der Waals surface area contributed by atoms with E-state index in [-0.39, 0.29) is 18.8 Å². The molecular formula is C25H42O6. The van der Waals surface area contributed by atoms with E-state index in [1.54, 1.807) is 0 Å². The number of carboxylic acids is 1. The van der Waals surface area contributed by atoms with Crippen LogP contribution in [0.2, 0.25) is 0 Å². The highest BCUT2D eigenvalue weighted by Crippen LogP contribution is 2.27. The lowest BCUT2D eigenvalue weighted by Gasteiger charge is -2.30. The fourth-order valence-corrected chi connectivity index (χ4v) is 3.65. The SMILES string of the molecule is C=CC(=O)OC(CCCCCCC=CCCC(C=O)CCCCC)(CC(C)O)C(=O)O. The molecule has 0 aromatic heterocycles. The van der Waals surface area contributed by atoms with Gasteiger partial charge < -0.3 is 19.7 Å². The molecule has 0 spiro atoms. The van der Waals surface area contributed by atoms with Gasteiger partial charge in [-0.05, 0) is 51.9 Å². The lowest BCUT2D eigenvalue weighted by Crippen LogP contribution is -2.45. The van der Waals surface area contributed by atoms with Gasteiger partial charge in [-0.25, -0.2) is 9.59 Å². The smallest absolute Gasteiger partial charge is 0.348 e. The van der Waals surface area contributed by atoms with Crippen LogP contribution in [0.5, 0.6) is 0 Å². The number of unbranched alkanes of at least 4 members (excludes halogenated alkanes) is 6. The number of ether oxygens (including phenoxy) is 1. The summed E-state index contributed by atoms with van der Waals surface area (Å²) in [6.07, 6.45) is 16.0. The maximum atomic E-state index is 11.8. The van der Waals surface area contributed by atoms with Crippen LogP contribution in [0, 0.1) is 5.92 Å². The molecule has 0 aliphatic carbocycles. The zero-order valence-corrected chi connectivity index (χ0v) is 19.4. The molecule has 31 heavy (non-hydrogen) atoms. The quantitative estimate of drug-likeness (QED) is 0.0870. The second-order valence-corrected chi connectivity index (χ2v) is 8.37. The van der Waals surface area contributed by atoms with Gasteiger partial charge in [0.1, 0.15) is 6.29 Å². The summed E-state index contributed by atoms with van der Waals surface area (Å²) >= 11 is 0. The number of carboxylic acid groups (broad SMARTS) is 1. The number of esters is 1. The molecular weight excluding hydrogens is 396 g/mol. The van der Waals surface area contributed by atoms with E-state index >= 15 is 0 Å². The van der Waals surface area contributed by atoms with Crippen molar-refractivity contribution in [3.05, 3.63) is 24.8 Å². The van der Waals surface area contributed by atoms with Crippen molar-refractivity contribution in [3.8, 4) is 0 Å². The molecule has 0 aromatic rings. The second kappa shape index (κ2) is 17.7. The Labute approximate surface area is 187 Å². The predicted molar refractivity (Wildman–Crippen MR) is 123 cm³/mol. The van der Waals surface area contributed by atoms with Crippen molar-refractivity contribution in [2.75, 3.05) is 0 Å². The van der Waals surface area contributed by atoms with E-state index < -0.39 is 23.6 Å². The van der Waals surface area contributed by atoms with Crippen LogP contribution in [-0.2, 0) is 19.1 Å². The zero-order valence-electron chi connectivity index (χ0n) is 19.4. The molecule has 178 valence electrons. The number of aliphatic hydroxyl groups is 1. The third-order valence-electron chi connectivity index (χ3n) is 5.42. The molecule has 3 atom stereocenters. The van der Waals surface area contributed by atoms with E-state index in [1.807, 2.05) is 0 Å². The molecule has 0 aliphatic rings. The van der Waals surface area contributed by atoms with Gasteiger partial charge in [-0.3, -0.25) is 0 Å². The Morgan fingerprint density at radius 3 is 2.29 bits per heavy atom. The van der Waals surface area contributed by atoms with Gasteiger partial charge in [0, 0.05) is 18.4 Å². The van der Waals surface area contributed by atoms with Crippen LogP contribution in [0.1, 0.15) is 97.3 Å². The normalized spacial score (nSPS) is 15.2. The molecule has 6 heteroatoms. The van der Waals surface area contributed by atoms with Crippen molar-refractivity contribution >= 4 is 18.2 Å². The Balaban J connectivity index is 4.19. The topological polar surface area (TPSA) is 101 Å². The standard InChI is InChI=1S/C25H42O6/c1-4-6-13-16-22(20-26)17-14-11-9-7-8-10-12-15-18-25(24(29)30,19-21(3)27)31-23(28)5-2/h5,9,11,20-22,27H,2,4,6-8,10,12-19H2,1,3H3,(H,29,30). The number of aliphatic carboxylic acids is 1. The van der Waals surface area contributed by atoms with Crippen LogP contribution in [0.15, 0.2) is 24.8 Å². The van der Waals surface area contributed by atoms with Crippen LogP contribution in [0.4, 0.5) is 0 Å². The predicted octanol–water partition coefficient (Wildman–Crippen LogP) is 5.38. The first-order valence-corrected chi connectivity index (χ1v) is 11.7. The van der Waals surface area contributed by atoms with Crippen LogP contribution in [0.3, 0.4) is 0 Å². The van der Waals surface area contributed by atoms with Crippen molar-refractivity contribution < 1.29 is 29.3 Å². The molecule has 0 heterocycles. The molecule has 0 bridgehead atoms. The minimum atomic E-state index is -1.72. The van der Waals surface area contributed by atoms with Gasteiger partial charge in [0.05, 0.1) is 6.10 Å². The van der Waals surface area contributed by atoms with Crippen molar-refractivity contribution in [1.29, 1.82) is 0 Å². The molecule has 6 nitrogen and oxygen atoms in total. The van der Waals surface area contributed by atoms with Crippen LogP contribution >= 0.6 is 0 Å². The second-order valence-electron chi connectivity index (χ2n) is 8.37. The molecule has 0 fully saturated rings. The Hall–Kier alpha value is -1.95. The van der Waals surface area contributed by atoms with Gasteiger partial charge in [-0.2, -0.15) is 0 Å². The van der Waals surface area contributed by atoms with Gasteiger partial charge in [-0.1, -0.05) is 57.8 Å². The lowest BCUT2D eigenvalue weighted by atomic mass is 9.89. The number of carbonyl (C=O) groups excluding carboxylic acids is 2. The average Bonchev–Trinajstić information content (AvgIpc) is 2.72. The Kier molecular flexibility index (Phi) is 16.6. The number of allylic oxidation sites excluding steroid dienone is 2. The van der Waals surface area contributed by atoms with Crippen LogP contribution in [0.25, 0.3) is 0 Å². The Morgan fingerprint density at radius 2 is 1.71 bits per heavy atom. The number of hydrogen-bond donors (Lipinski definition) is 2. The molecule has 0 saturated carbocycles. The number of carbonyl (C=O) groups is 3. The third kappa shape index (κ3) is 13.9. The minimum Gasteiger partial charge on any atom is -0.478 e. The third-order valence-corrected chi connectivity index (χ3v) is 5.42. The first-order chi connectivity index (χ1) is 14.8. The van der Waals surface area contributed by atoms with Crippen LogP contribution < -0.4 is 0 Å². The zero-order chi connectivity index (χ0) is 23.5. The summed E-state index contributed by atoms with van der Waals surface area (Å²) in [5, 5.41) is 19.3. The van der Waals surface area contributed by atoms with E-state index in [2.05, 4.69) is 25.7 Å². The summed E-state index contributed by atoms with van der Waals surface area (Å²) in [6.45, 7) is 6.95. The monoisotopic (exact) mass is 438 g/mol. The van der Waals surface area contributed by atoms with E-state index in [0.717, 1.165) is 63.7 Å². The molecule has 0 radical (unpaired) electrons. The van der Waals surface area contributed by atoms with E-state index in [4.69, 9.17) is 4.74 Å². The summed E-state index contributed by atoms with van der Waals surface area (Å²) in [7, 11) is 0. The van der Waals surface area contributed by atoms with Gasteiger partial charge in [0.25, 0.3) is 0 Å². The maximum absolute atomic E-state index is 11.8. The highest BCUT2D eigenvalue weighted by molar-refractivity contribution is 5.86. The summed E-state index contributed by atoms with van der Waals surface area (Å²) in [4.78, 5) is 34.5. The van der Waals surface area contributed by atoms with Crippen LogP contribution in [-0.4, -0.2) is 40.1 Å². The summed E-state index contributed by atoms with van der Waals surface area (Å²) in [6, 6.07) is 0. The summed E-state index contributed by atoms with van der Waals surface area (Å²) in [5.41, 5.74) is -1.72. The number of rotatable bonds is 20. The highest BCUT2D eigenvalue weighted by atomic mass is 16.6. The first-order valence-electron chi connectivity index (χ1n) is 11.7. The van der Waals surface area contributed by atoms with Crippen molar-refractivity contribution in [2.45, 2.75) is 109 Å². The molecule has 2 N–H and O–H groups in total. The number of aliphatic hydroxyl groups excluding tert-OH is 1. The number of aldehydes is 1. The maximum Gasteiger partial charge on any atom is 0.348 e. The van der Waals surface area contributed by atoms with Crippen molar-refractivity contribution in [3.63, 3.8) is 0 Å². The van der Waals surface area contributed by atoms with Gasteiger partial charge in [-0.15, -0.1) is 0 Å². The largest absolute Gasteiger partial charge is 0.478 e. The fraction of sp³-hybridized carbons (Fsp3) is 0.720. The Bertz CT molecular complexity index is 554. The van der Waals surface area contributed by atoms with Crippen molar-refractivity contribution in [1.82, 2.24) is 0 Å². The fourth-order valence-electron chi connectivity index (χ4n) is 3.65. The van der Waals surface area contributed by atoms with Gasteiger partial charge in [0.15, 0.2) is 0 Å². The molecule has 0 amide bonds. The van der Waals surface area contributed by atoms with Gasteiger partial charge >= 0.3 is 11.9 Å². The van der Waals surface area contributed by atoms with Gasteiger partial charge in [0.2, 0.25) is 5.60 Å². The lowest BCUT2D eigenvalue weighted by molar-refractivity contribution is -0.180. The molecule has 0 aliphatic heterocycles. The highest BCUT2D eigenvalue weighted by Gasteiger charge is 2.42. The molecule has 0 rings (SSSR count). The molecule has 0 saturated heterocycles. The van der Waals surface area contributed by atoms with E-state index in [9.17, 15) is 24.6 Å². The van der Waals surface area contributed by atoms with Crippen molar-refractivity contribution in [2.24, 2.45) is 5.92 Å². The first kappa shape index (κ1) is 29.1. The summed E-state index contributed by atoms with van der Waals surface area (Å²) < 4.78 is 5.14.